The van der Waals surface area contributed by atoms with Gasteiger partial charge in [0.1, 0.15) is 0 Å². The summed E-state index contributed by atoms with van der Waals surface area (Å²) in [7, 11) is 0. The highest BCUT2D eigenvalue weighted by atomic mass is 16.2. The number of nitrogens with zero attached hydrogens (tertiary/aromatic N) is 4. The van der Waals surface area contributed by atoms with Gasteiger partial charge in [-0.25, -0.2) is 4.68 Å². The number of carbonyl (C=O) groups is 1. The smallest absolute Gasteiger partial charge is 0.274 e. The highest BCUT2D eigenvalue weighted by Crippen LogP contribution is 2.45. The molecule has 0 spiro atoms. The fraction of sp³-hybridized carbons (Fsp3) is 0.607. The number of benzene rings is 1. The van der Waals surface area contributed by atoms with E-state index in [1.54, 1.807) is 0 Å². The molecule has 1 aromatic carbocycles. The summed E-state index contributed by atoms with van der Waals surface area (Å²) in [5.74, 6) is 1.36. The average Bonchev–Trinajstić information content (AvgIpc) is 2.85. The van der Waals surface area contributed by atoms with E-state index in [0.29, 0.717) is 17.2 Å². The van der Waals surface area contributed by atoms with Gasteiger partial charge in [-0.15, -0.1) is 0 Å². The minimum atomic E-state index is -0.0818. The van der Waals surface area contributed by atoms with Crippen LogP contribution >= 0.6 is 0 Å². The number of carbonyl (C=O) groups excluding carboxylic acids is 1. The molecule has 6 nitrogen and oxygen atoms in total. The van der Waals surface area contributed by atoms with Crippen molar-refractivity contribution in [1.82, 2.24) is 19.6 Å². The summed E-state index contributed by atoms with van der Waals surface area (Å²) in [6.07, 6.45) is 10.2. The van der Waals surface area contributed by atoms with Crippen molar-refractivity contribution in [2.24, 2.45) is 11.8 Å². The molecule has 2 bridgehead atoms. The number of fused-ring (bicyclic) bond motifs is 7. The predicted octanol–water partition coefficient (Wildman–Crippen LogP) is 3.94. The van der Waals surface area contributed by atoms with Gasteiger partial charge in [-0.2, -0.15) is 5.10 Å². The Kier molecular flexibility index (Phi) is 5.59. The van der Waals surface area contributed by atoms with E-state index in [0.717, 1.165) is 43.1 Å². The van der Waals surface area contributed by atoms with Crippen LogP contribution in [-0.2, 0) is 11.2 Å². The highest BCUT2D eigenvalue weighted by Gasteiger charge is 2.46. The van der Waals surface area contributed by atoms with Crippen LogP contribution in [0.15, 0.2) is 40.7 Å². The number of piperidine rings is 3. The maximum Gasteiger partial charge on any atom is 0.274 e. The molecule has 1 amide bonds. The van der Waals surface area contributed by atoms with Gasteiger partial charge in [0.15, 0.2) is 0 Å². The summed E-state index contributed by atoms with van der Waals surface area (Å²) in [6.45, 7) is 7.10. The Labute approximate surface area is 201 Å². The molecule has 180 valence electrons. The van der Waals surface area contributed by atoms with Crippen molar-refractivity contribution in [3.8, 4) is 0 Å². The second-order valence-corrected chi connectivity index (χ2v) is 11.1. The van der Waals surface area contributed by atoms with Crippen molar-refractivity contribution in [2.75, 3.05) is 19.6 Å². The van der Waals surface area contributed by atoms with Gasteiger partial charge in [0.2, 0.25) is 5.91 Å². The molecular formula is C28H36N4O2. The lowest BCUT2D eigenvalue weighted by atomic mass is 9.68. The minimum absolute atomic E-state index is 0.0505. The molecule has 2 unspecified atom stereocenters. The van der Waals surface area contributed by atoms with Crippen LogP contribution in [0.5, 0.6) is 0 Å². The van der Waals surface area contributed by atoms with Gasteiger partial charge in [-0.05, 0) is 70.4 Å². The first-order chi connectivity index (χ1) is 16.5. The van der Waals surface area contributed by atoms with E-state index in [4.69, 9.17) is 0 Å². The minimum Gasteiger partial charge on any atom is -0.335 e. The van der Waals surface area contributed by atoms with Crippen LogP contribution in [0.3, 0.4) is 0 Å². The molecule has 3 aliphatic heterocycles. The van der Waals surface area contributed by atoms with E-state index < -0.39 is 0 Å². The van der Waals surface area contributed by atoms with E-state index >= 15 is 0 Å². The average molecular weight is 461 g/mol. The van der Waals surface area contributed by atoms with E-state index in [1.165, 1.54) is 42.5 Å². The lowest BCUT2D eigenvalue weighted by molar-refractivity contribution is -0.135. The Morgan fingerprint density at radius 3 is 2.76 bits per heavy atom. The highest BCUT2D eigenvalue weighted by molar-refractivity contribution is 5.88. The SMILES string of the molecule is CC(C)n1nc(CC(=O)N2CCCC3=CC4CC(CN5CCCC[C@H]45)[C@@H]32)c2ccccc2c1=O. The predicted molar refractivity (Wildman–Crippen MR) is 134 cm³/mol. The Bertz CT molecular complexity index is 1200. The van der Waals surface area contributed by atoms with Gasteiger partial charge in [0.05, 0.1) is 29.6 Å². The lowest BCUT2D eigenvalue weighted by Crippen LogP contribution is -2.60. The van der Waals surface area contributed by atoms with Crippen LogP contribution < -0.4 is 5.56 Å². The molecule has 1 aliphatic carbocycles. The molecule has 3 saturated heterocycles. The molecule has 1 aromatic heterocycles. The maximum atomic E-state index is 13.8. The van der Waals surface area contributed by atoms with Crippen LogP contribution in [0.4, 0.5) is 0 Å². The molecular weight excluding hydrogens is 424 g/mol. The van der Waals surface area contributed by atoms with Gasteiger partial charge in [-0.3, -0.25) is 14.5 Å². The zero-order chi connectivity index (χ0) is 23.4. The summed E-state index contributed by atoms with van der Waals surface area (Å²) in [6, 6.07) is 8.51. The Morgan fingerprint density at radius 2 is 1.94 bits per heavy atom. The van der Waals surface area contributed by atoms with Gasteiger partial charge in [0.25, 0.3) is 5.56 Å². The Hall–Kier alpha value is -2.47. The zero-order valence-corrected chi connectivity index (χ0v) is 20.4. The normalized spacial score (nSPS) is 29.0. The molecule has 3 fully saturated rings. The molecule has 6 heteroatoms. The molecule has 4 aliphatic rings. The zero-order valence-electron chi connectivity index (χ0n) is 20.4. The van der Waals surface area contributed by atoms with E-state index in [2.05, 4.69) is 21.0 Å². The summed E-state index contributed by atoms with van der Waals surface area (Å²) >= 11 is 0. The molecule has 6 rings (SSSR count). The molecule has 2 aromatic rings. The third-order valence-electron chi connectivity index (χ3n) is 8.69. The molecule has 0 saturated carbocycles. The van der Waals surface area contributed by atoms with Crippen LogP contribution in [0, 0.1) is 11.8 Å². The Balaban J connectivity index is 1.32. The number of hydrogen-bond donors (Lipinski definition) is 0. The first-order valence-electron chi connectivity index (χ1n) is 13.3. The summed E-state index contributed by atoms with van der Waals surface area (Å²) in [4.78, 5) is 31.6. The number of aromatic nitrogens is 2. The van der Waals surface area contributed by atoms with Gasteiger partial charge >= 0.3 is 0 Å². The monoisotopic (exact) mass is 460 g/mol. The van der Waals surface area contributed by atoms with Crippen molar-refractivity contribution in [2.45, 2.75) is 76.9 Å². The molecule has 34 heavy (non-hydrogen) atoms. The second kappa shape index (κ2) is 8.63. The quantitative estimate of drug-likeness (QED) is 0.651. The van der Waals surface area contributed by atoms with Gasteiger partial charge in [-0.1, -0.05) is 36.3 Å². The number of amides is 1. The number of hydrogen-bond acceptors (Lipinski definition) is 4. The molecule has 4 heterocycles. The largest absolute Gasteiger partial charge is 0.335 e. The second-order valence-electron chi connectivity index (χ2n) is 11.1. The van der Waals surface area contributed by atoms with Crippen LogP contribution in [-0.4, -0.2) is 57.2 Å². The van der Waals surface area contributed by atoms with Crippen LogP contribution in [0.1, 0.15) is 64.1 Å². The first kappa shape index (κ1) is 22.0. The van der Waals surface area contributed by atoms with Crippen molar-refractivity contribution in [1.29, 1.82) is 0 Å². The number of rotatable bonds is 3. The van der Waals surface area contributed by atoms with E-state index in [1.807, 2.05) is 38.1 Å². The van der Waals surface area contributed by atoms with Crippen LogP contribution in [0.25, 0.3) is 10.8 Å². The van der Waals surface area contributed by atoms with Crippen molar-refractivity contribution in [3.63, 3.8) is 0 Å². The van der Waals surface area contributed by atoms with Crippen molar-refractivity contribution < 1.29 is 4.79 Å². The van der Waals surface area contributed by atoms with E-state index in [-0.39, 0.29) is 30.0 Å². The lowest BCUT2D eigenvalue weighted by Gasteiger charge is -2.54. The third-order valence-corrected chi connectivity index (χ3v) is 8.69. The molecule has 4 atom stereocenters. The molecule has 0 radical (unpaired) electrons. The van der Waals surface area contributed by atoms with Gasteiger partial charge < -0.3 is 4.90 Å². The fourth-order valence-corrected chi connectivity index (χ4v) is 7.25. The summed E-state index contributed by atoms with van der Waals surface area (Å²) < 4.78 is 1.54. The van der Waals surface area contributed by atoms with Crippen molar-refractivity contribution >= 4 is 16.7 Å². The van der Waals surface area contributed by atoms with Crippen LogP contribution in [0.2, 0.25) is 0 Å². The number of likely N-dealkylation sites (tertiary alicyclic amines) is 1. The standard InChI is InChI=1S/C28H36N4O2/c1-18(2)32-28(34)23-10-4-3-9-22(23)24(29-32)16-26(33)31-13-7-8-19-14-20-15-21(27(19)31)17-30-12-6-5-11-25(20)30/h3-4,9-10,14,18,20-21,25,27H,5-8,11-13,15-17H2,1-2H3/t20?,21?,25-,27-/m1/s1. The fourth-order valence-electron chi connectivity index (χ4n) is 7.25. The Morgan fingerprint density at radius 1 is 1.12 bits per heavy atom. The molecule has 0 N–H and O–H groups in total. The third kappa shape index (κ3) is 3.62. The maximum absolute atomic E-state index is 13.8. The van der Waals surface area contributed by atoms with E-state index in [9.17, 15) is 9.59 Å². The summed E-state index contributed by atoms with van der Waals surface area (Å²) in [5, 5.41) is 6.15. The van der Waals surface area contributed by atoms with Gasteiger partial charge in [0, 0.05) is 24.5 Å². The first-order valence-corrected chi connectivity index (χ1v) is 13.3. The topological polar surface area (TPSA) is 58.4 Å². The van der Waals surface area contributed by atoms with Crippen molar-refractivity contribution in [3.05, 3.63) is 52.0 Å². The summed E-state index contributed by atoms with van der Waals surface area (Å²) in [5.41, 5.74) is 2.15.